The van der Waals surface area contributed by atoms with E-state index in [1.54, 1.807) is 7.05 Å². The van der Waals surface area contributed by atoms with Crippen molar-refractivity contribution in [3.63, 3.8) is 0 Å². The molecule has 0 aliphatic rings. The minimum atomic E-state index is -3.43. The SMILES string of the molecule is Cc1nc(CNS(=O)(=O)N(C)CCCNC(C)C)cs1. The summed E-state index contributed by atoms with van der Waals surface area (Å²) in [6.07, 6.45) is 0.783. The van der Waals surface area contributed by atoms with E-state index in [0.717, 1.165) is 23.7 Å². The maximum Gasteiger partial charge on any atom is 0.279 e. The Kier molecular flexibility index (Phi) is 7.04. The molecule has 20 heavy (non-hydrogen) atoms. The van der Waals surface area contributed by atoms with Crippen LogP contribution in [0, 0.1) is 6.92 Å². The van der Waals surface area contributed by atoms with E-state index in [-0.39, 0.29) is 6.54 Å². The maximum atomic E-state index is 12.0. The first-order valence-electron chi connectivity index (χ1n) is 6.66. The summed E-state index contributed by atoms with van der Waals surface area (Å²) in [5, 5.41) is 6.07. The first-order valence-corrected chi connectivity index (χ1v) is 8.98. The Morgan fingerprint density at radius 1 is 1.45 bits per heavy atom. The highest BCUT2D eigenvalue weighted by atomic mass is 32.2. The van der Waals surface area contributed by atoms with Crippen molar-refractivity contribution in [2.24, 2.45) is 0 Å². The molecule has 1 rings (SSSR count). The summed E-state index contributed by atoms with van der Waals surface area (Å²) in [7, 11) is -1.84. The van der Waals surface area contributed by atoms with Gasteiger partial charge < -0.3 is 5.32 Å². The third kappa shape index (κ3) is 6.27. The molecule has 1 aromatic heterocycles. The van der Waals surface area contributed by atoms with Crippen molar-refractivity contribution >= 4 is 21.5 Å². The lowest BCUT2D eigenvalue weighted by Crippen LogP contribution is -2.39. The molecule has 0 spiro atoms. The van der Waals surface area contributed by atoms with Gasteiger partial charge in [-0.1, -0.05) is 13.8 Å². The molecule has 0 amide bonds. The molecule has 0 saturated carbocycles. The monoisotopic (exact) mass is 320 g/mol. The Morgan fingerprint density at radius 2 is 2.15 bits per heavy atom. The van der Waals surface area contributed by atoms with Crippen LogP contribution in [-0.4, -0.2) is 43.9 Å². The number of nitrogens with zero attached hydrogens (tertiary/aromatic N) is 2. The lowest BCUT2D eigenvalue weighted by atomic mass is 10.3. The van der Waals surface area contributed by atoms with Crippen molar-refractivity contribution in [1.29, 1.82) is 0 Å². The second-order valence-corrected chi connectivity index (χ2v) is 7.89. The van der Waals surface area contributed by atoms with Gasteiger partial charge in [-0.05, 0) is 19.9 Å². The quantitative estimate of drug-likeness (QED) is 0.668. The van der Waals surface area contributed by atoms with Crippen LogP contribution in [0.1, 0.15) is 31.0 Å². The Labute approximate surface area is 125 Å². The van der Waals surface area contributed by atoms with E-state index in [1.807, 2.05) is 12.3 Å². The van der Waals surface area contributed by atoms with Crippen LogP contribution in [0.5, 0.6) is 0 Å². The van der Waals surface area contributed by atoms with Gasteiger partial charge >= 0.3 is 0 Å². The number of hydrogen-bond acceptors (Lipinski definition) is 5. The molecule has 0 unspecified atom stereocenters. The van der Waals surface area contributed by atoms with Gasteiger partial charge in [-0.25, -0.2) is 4.98 Å². The lowest BCUT2D eigenvalue weighted by molar-refractivity contribution is 0.438. The molecular weight excluding hydrogens is 296 g/mol. The van der Waals surface area contributed by atoms with E-state index in [1.165, 1.54) is 15.6 Å². The van der Waals surface area contributed by atoms with Crippen molar-refractivity contribution in [3.8, 4) is 0 Å². The summed E-state index contributed by atoms with van der Waals surface area (Å²) >= 11 is 1.52. The largest absolute Gasteiger partial charge is 0.314 e. The molecule has 0 fully saturated rings. The van der Waals surface area contributed by atoms with E-state index < -0.39 is 10.2 Å². The Balaban J connectivity index is 2.35. The number of thiazole rings is 1. The molecule has 0 bridgehead atoms. The smallest absolute Gasteiger partial charge is 0.279 e. The molecule has 0 atom stereocenters. The summed E-state index contributed by atoms with van der Waals surface area (Å²) < 4.78 is 27.9. The summed E-state index contributed by atoms with van der Waals surface area (Å²) in [5.74, 6) is 0. The van der Waals surface area contributed by atoms with Crippen molar-refractivity contribution < 1.29 is 8.42 Å². The van der Waals surface area contributed by atoms with E-state index in [4.69, 9.17) is 0 Å². The first-order chi connectivity index (χ1) is 9.31. The van der Waals surface area contributed by atoms with Crippen LogP contribution in [0.15, 0.2) is 5.38 Å². The summed E-state index contributed by atoms with van der Waals surface area (Å²) in [6.45, 7) is 7.57. The number of aromatic nitrogens is 1. The fraction of sp³-hybridized carbons (Fsp3) is 0.750. The van der Waals surface area contributed by atoms with Gasteiger partial charge in [0, 0.05) is 25.0 Å². The molecule has 116 valence electrons. The molecule has 0 aliphatic heterocycles. The fourth-order valence-electron chi connectivity index (χ4n) is 1.58. The maximum absolute atomic E-state index is 12.0. The zero-order valence-electron chi connectivity index (χ0n) is 12.5. The zero-order chi connectivity index (χ0) is 15.2. The van der Waals surface area contributed by atoms with Crippen molar-refractivity contribution in [2.75, 3.05) is 20.1 Å². The van der Waals surface area contributed by atoms with Crippen LogP contribution in [0.3, 0.4) is 0 Å². The van der Waals surface area contributed by atoms with Gasteiger partial charge in [0.05, 0.1) is 17.2 Å². The van der Waals surface area contributed by atoms with Crippen molar-refractivity contribution in [3.05, 3.63) is 16.1 Å². The zero-order valence-corrected chi connectivity index (χ0v) is 14.1. The minimum Gasteiger partial charge on any atom is -0.314 e. The van der Waals surface area contributed by atoms with Gasteiger partial charge in [-0.2, -0.15) is 17.4 Å². The average molecular weight is 320 g/mol. The molecule has 0 saturated heterocycles. The first kappa shape index (κ1) is 17.5. The molecule has 0 aliphatic carbocycles. The molecule has 2 N–H and O–H groups in total. The van der Waals surface area contributed by atoms with Crippen LogP contribution < -0.4 is 10.0 Å². The summed E-state index contributed by atoms with van der Waals surface area (Å²) in [5.41, 5.74) is 0.756. The predicted molar refractivity (Wildman–Crippen MR) is 83.0 cm³/mol. The third-order valence-electron chi connectivity index (χ3n) is 2.71. The summed E-state index contributed by atoms with van der Waals surface area (Å²) in [4.78, 5) is 4.23. The Morgan fingerprint density at radius 3 is 2.70 bits per heavy atom. The van der Waals surface area contributed by atoms with Crippen LogP contribution in [0.2, 0.25) is 0 Å². The van der Waals surface area contributed by atoms with Crippen molar-refractivity contribution in [2.45, 2.75) is 39.8 Å². The van der Waals surface area contributed by atoms with E-state index in [2.05, 4.69) is 28.9 Å². The molecule has 0 radical (unpaired) electrons. The minimum absolute atomic E-state index is 0.237. The van der Waals surface area contributed by atoms with Gasteiger partial charge in [0.2, 0.25) is 0 Å². The van der Waals surface area contributed by atoms with E-state index >= 15 is 0 Å². The number of rotatable bonds is 9. The van der Waals surface area contributed by atoms with Gasteiger partial charge in [0.1, 0.15) is 0 Å². The normalized spacial score (nSPS) is 12.5. The summed E-state index contributed by atoms with van der Waals surface area (Å²) in [6, 6.07) is 0.419. The van der Waals surface area contributed by atoms with Crippen LogP contribution in [-0.2, 0) is 16.8 Å². The lowest BCUT2D eigenvalue weighted by Gasteiger charge is -2.17. The molecule has 1 aromatic rings. The third-order valence-corrected chi connectivity index (χ3v) is 5.05. The van der Waals surface area contributed by atoms with Gasteiger partial charge in [-0.15, -0.1) is 11.3 Å². The fourth-order valence-corrected chi connectivity index (χ4v) is 3.11. The average Bonchev–Trinajstić information content (AvgIpc) is 2.77. The van der Waals surface area contributed by atoms with Crippen LogP contribution in [0.25, 0.3) is 0 Å². The predicted octanol–water partition coefficient (Wildman–Crippen LogP) is 1.11. The standard InChI is InChI=1S/C12H24N4O2S2/c1-10(2)13-6-5-7-16(4)20(17,18)14-8-12-9-19-11(3)15-12/h9-10,13-14H,5-8H2,1-4H3. The molecular formula is C12H24N4O2S2. The van der Waals surface area contributed by atoms with Crippen molar-refractivity contribution in [1.82, 2.24) is 19.3 Å². The van der Waals surface area contributed by atoms with E-state index in [9.17, 15) is 8.42 Å². The van der Waals surface area contributed by atoms with Gasteiger partial charge in [0.25, 0.3) is 10.2 Å². The number of aryl methyl sites for hydroxylation is 1. The Hall–Kier alpha value is -0.540. The topological polar surface area (TPSA) is 74.3 Å². The highest BCUT2D eigenvalue weighted by Crippen LogP contribution is 2.08. The second kappa shape index (κ2) is 8.04. The molecule has 6 nitrogen and oxygen atoms in total. The van der Waals surface area contributed by atoms with Gasteiger partial charge in [-0.3, -0.25) is 0 Å². The number of hydrogen-bond donors (Lipinski definition) is 2. The highest BCUT2D eigenvalue weighted by molar-refractivity contribution is 7.87. The molecule has 8 heteroatoms. The van der Waals surface area contributed by atoms with E-state index in [0.29, 0.717) is 12.6 Å². The molecule has 1 heterocycles. The van der Waals surface area contributed by atoms with Gasteiger partial charge in [0.15, 0.2) is 0 Å². The highest BCUT2D eigenvalue weighted by Gasteiger charge is 2.17. The Bertz CT molecular complexity index is 499. The number of nitrogens with one attached hydrogen (secondary N) is 2. The molecule has 0 aromatic carbocycles. The van der Waals surface area contributed by atoms with Crippen LogP contribution in [0.4, 0.5) is 0 Å². The second-order valence-electron chi connectivity index (χ2n) is 4.97. The van der Waals surface area contributed by atoms with Crippen LogP contribution >= 0.6 is 11.3 Å².